The van der Waals surface area contributed by atoms with Crippen molar-refractivity contribution >= 4 is 27.5 Å². The number of carbonyl (C=O) groups is 1. The second kappa shape index (κ2) is 6.63. The Morgan fingerprint density at radius 3 is 2.95 bits per heavy atom. The van der Waals surface area contributed by atoms with E-state index in [4.69, 9.17) is 0 Å². The van der Waals surface area contributed by atoms with Crippen LogP contribution in [0, 0.1) is 0 Å². The number of amides is 1. The summed E-state index contributed by atoms with van der Waals surface area (Å²) in [5, 5.41) is 7.03. The lowest BCUT2D eigenvalue weighted by atomic mass is 10.3. The van der Waals surface area contributed by atoms with Crippen molar-refractivity contribution in [2.24, 2.45) is 0 Å². The lowest BCUT2D eigenvalue weighted by Crippen LogP contribution is -2.37. The number of rotatable bonds is 6. The van der Waals surface area contributed by atoms with Gasteiger partial charge in [0.2, 0.25) is 5.91 Å². The van der Waals surface area contributed by atoms with Crippen LogP contribution in [0.2, 0.25) is 0 Å². The van der Waals surface area contributed by atoms with E-state index in [9.17, 15) is 4.79 Å². The lowest BCUT2D eigenvalue weighted by molar-refractivity contribution is -0.121. The first-order chi connectivity index (χ1) is 9.19. The molecule has 1 aromatic carbocycles. The predicted molar refractivity (Wildman–Crippen MR) is 79.5 cm³/mol. The molecule has 19 heavy (non-hydrogen) atoms. The van der Waals surface area contributed by atoms with E-state index in [2.05, 4.69) is 21.7 Å². The Balaban J connectivity index is 1.83. The minimum atomic E-state index is 0.0846. The van der Waals surface area contributed by atoms with E-state index in [-0.39, 0.29) is 5.91 Å². The second-order valence-corrected chi connectivity index (χ2v) is 5.68. The average Bonchev–Trinajstić information content (AvgIpc) is 2.85. The Hall–Kier alpha value is -1.46. The van der Waals surface area contributed by atoms with Gasteiger partial charge in [-0.05, 0) is 26.1 Å². The smallest absolute Gasteiger partial charge is 0.220 e. The summed E-state index contributed by atoms with van der Waals surface area (Å²) < 4.78 is 1.18. The highest BCUT2D eigenvalue weighted by Crippen LogP contribution is 2.22. The Morgan fingerprint density at radius 2 is 2.21 bits per heavy atom. The fourth-order valence-corrected chi connectivity index (χ4v) is 2.67. The topological polar surface area (TPSA) is 54.0 Å². The van der Waals surface area contributed by atoms with Gasteiger partial charge in [0.25, 0.3) is 0 Å². The number of aryl methyl sites for hydroxylation is 1. The Morgan fingerprint density at radius 1 is 1.42 bits per heavy atom. The zero-order chi connectivity index (χ0) is 13.7. The second-order valence-electron chi connectivity index (χ2n) is 4.57. The number of hydrogen-bond acceptors (Lipinski definition) is 4. The zero-order valence-electron chi connectivity index (χ0n) is 11.3. The molecule has 0 aliphatic carbocycles. The van der Waals surface area contributed by atoms with Crippen LogP contribution in [0.25, 0.3) is 10.2 Å². The van der Waals surface area contributed by atoms with Crippen molar-refractivity contribution in [1.29, 1.82) is 0 Å². The highest BCUT2D eigenvalue weighted by Gasteiger charge is 2.07. The molecule has 0 bridgehead atoms. The monoisotopic (exact) mass is 277 g/mol. The molecule has 0 spiro atoms. The maximum Gasteiger partial charge on any atom is 0.220 e. The van der Waals surface area contributed by atoms with E-state index < -0.39 is 0 Å². The van der Waals surface area contributed by atoms with Gasteiger partial charge in [-0.25, -0.2) is 4.98 Å². The molecule has 0 saturated heterocycles. The average molecular weight is 277 g/mol. The van der Waals surface area contributed by atoms with Crippen molar-refractivity contribution in [3.8, 4) is 0 Å². The number of nitrogens with one attached hydrogen (secondary N) is 2. The SMILES string of the molecule is CNC(C)CNC(=O)CCc1nc2ccccc2s1. The molecule has 102 valence electrons. The molecule has 2 N–H and O–H groups in total. The van der Waals surface area contributed by atoms with E-state index in [0.29, 0.717) is 25.4 Å². The van der Waals surface area contributed by atoms with Crippen molar-refractivity contribution in [3.05, 3.63) is 29.3 Å². The van der Waals surface area contributed by atoms with Gasteiger partial charge in [-0.15, -0.1) is 11.3 Å². The van der Waals surface area contributed by atoms with Gasteiger partial charge in [0, 0.05) is 25.4 Å². The largest absolute Gasteiger partial charge is 0.355 e. The fourth-order valence-electron chi connectivity index (χ4n) is 1.70. The Labute approximate surface area is 117 Å². The summed E-state index contributed by atoms with van der Waals surface area (Å²) in [6.45, 7) is 2.70. The van der Waals surface area contributed by atoms with Crippen molar-refractivity contribution in [2.75, 3.05) is 13.6 Å². The van der Waals surface area contributed by atoms with Gasteiger partial charge in [-0.3, -0.25) is 4.79 Å². The normalized spacial score (nSPS) is 12.5. The molecular weight excluding hydrogens is 258 g/mol. The van der Waals surface area contributed by atoms with Gasteiger partial charge in [-0.1, -0.05) is 12.1 Å². The maximum absolute atomic E-state index is 11.7. The van der Waals surface area contributed by atoms with Crippen LogP contribution in [0.1, 0.15) is 18.4 Å². The number of carbonyl (C=O) groups excluding carboxylic acids is 1. The van der Waals surface area contributed by atoms with Crippen LogP contribution in [0.15, 0.2) is 24.3 Å². The number of fused-ring (bicyclic) bond motifs is 1. The molecular formula is C14H19N3OS. The molecule has 0 aliphatic heterocycles. The van der Waals surface area contributed by atoms with Crippen molar-refractivity contribution in [3.63, 3.8) is 0 Å². The standard InChI is InChI=1S/C14H19N3OS/c1-10(15-2)9-16-13(18)7-8-14-17-11-5-3-4-6-12(11)19-14/h3-6,10,15H,7-9H2,1-2H3,(H,16,18). The van der Waals surface area contributed by atoms with Crippen LogP contribution in [0.4, 0.5) is 0 Å². The minimum absolute atomic E-state index is 0.0846. The molecule has 1 amide bonds. The Kier molecular flexibility index (Phi) is 4.87. The summed E-state index contributed by atoms with van der Waals surface area (Å²) in [5.74, 6) is 0.0846. The van der Waals surface area contributed by atoms with E-state index >= 15 is 0 Å². The summed E-state index contributed by atoms with van der Waals surface area (Å²) in [4.78, 5) is 16.2. The first-order valence-electron chi connectivity index (χ1n) is 6.47. The number of benzene rings is 1. The van der Waals surface area contributed by atoms with Gasteiger partial charge < -0.3 is 10.6 Å². The zero-order valence-corrected chi connectivity index (χ0v) is 12.1. The highest BCUT2D eigenvalue weighted by molar-refractivity contribution is 7.18. The van der Waals surface area contributed by atoms with Crippen LogP contribution in [0.5, 0.6) is 0 Å². The van der Waals surface area contributed by atoms with Crippen molar-refractivity contribution in [2.45, 2.75) is 25.8 Å². The van der Waals surface area contributed by atoms with Gasteiger partial charge in [0.1, 0.15) is 0 Å². The molecule has 1 aromatic heterocycles. The predicted octanol–water partition coefficient (Wildman–Crippen LogP) is 1.95. The number of para-hydroxylation sites is 1. The number of nitrogens with zero attached hydrogens (tertiary/aromatic N) is 1. The molecule has 1 heterocycles. The first-order valence-corrected chi connectivity index (χ1v) is 7.29. The minimum Gasteiger partial charge on any atom is -0.355 e. The summed E-state index contributed by atoms with van der Waals surface area (Å²) >= 11 is 1.66. The quantitative estimate of drug-likeness (QED) is 0.848. The number of aromatic nitrogens is 1. The van der Waals surface area contributed by atoms with Gasteiger partial charge >= 0.3 is 0 Å². The van der Waals surface area contributed by atoms with Crippen molar-refractivity contribution in [1.82, 2.24) is 15.6 Å². The number of hydrogen-bond donors (Lipinski definition) is 2. The molecule has 1 atom stereocenters. The van der Waals surface area contributed by atoms with Crippen LogP contribution in [-0.4, -0.2) is 30.5 Å². The lowest BCUT2D eigenvalue weighted by Gasteiger charge is -2.10. The van der Waals surface area contributed by atoms with Gasteiger partial charge in [0.05, 0.1) is 15.2 Å². The third-order valence-corrected chi connectivity index (χ3v) is 4.10. The number of likely N-dealkylation sites (N-methyl/N-ethyl adjacent to an activating group) is 1. The maximum atomic E-state index is 11.7. The van der Waals surface area contributed by atoms with Gasteiger partial charge in [0.15, 0.2) is 0 Å². The van der Waals surface area contributed by atoms with Crippen LogP contribution >= 0.6 is 11.3 Å². The first kappa shape index (κ1) is 14.0. The van der Waals surface area contributed by atoms with Gasteiger partial charge in [-0.2, -0.15) is 0 Å². The summed E-state index contributed by atoms with van der Waals surface area (Å²) in [5.41, 5.74) is 1.02. The molecule has 2 aromatic rings. The van der Waals surface area contributed by atoms with E-state index in [1.54, 1.807) is 11.3 Å². The molecule has 0 fully saturated rings. The van der Waals surface area contributed by atoms with Crippen LogP contribution in [0.3, 0.4) is 0 Å². The summed E-state index contributed by atoms with van der Waals surface area (Å²) in [6.07, 6.45) is 1.20. The molecule has 0 aliphatic rings. The molecule has 0 radical (unpaired) electrons. The fraction of sp³-hybridized carbons (Fsp3) is 0.429. The molecule has 5 heteroatoms. The highest BCUT2D eigenvalue weighted by atomic mass is 32.1. The molecule has 0 saturated carbocycles. The van der Waals surface area contributed by atoms with Crippen molar-refractivity contribution < 1.29 is 4.79 Å². The summed E-state index contributed by atoms with van der Waals surface area (Å²) in [6, 6.07) is 8.36. The van der Waals surface area contributed by atoms with E-state index in [1.165, 1.54) is 4.70 Å². The van der Waals surface area contributed by atoms with E-state index in [0.717, 1.165) is 10.5 Å². The molecule has 4 nitrogen and oxygen atoms in total. The number of thiazole rings is 1. The van der Waals surface area contributed by atoms with Crippen LogP contribution in [-0.2, 0) is 11.2 Å². The Bertz CT molecular complexity index is 519. The van der Waals surface area contributed by atoms with E-state index in [1.807, 2.05) is 32.2 Å². The van der Waals surface area contributed by atoms with Crippen LogP contribution < -0.4 is 10.6 Å². The third-order valence-electron chi connectivity index (χ3n) is 3.00. The molecule has 1 unspecified atom stereocenters. The summed E-state index contributed by atoms with van der Waals surface area (Å²) in [7, 11) is 1.89. The molecule has 2 rings (SSSR count). The third kappa shape index (κ3) is 4.01.